The highest BCUT2D eigenvalue weighted by molar-refractivity contribution is 8.01. The summed E-state index contributed by atoms with van der Waals surface area (Å²) < 4.78 is 10.3. The van der Waals surface area contributed by atoms with E-state index < -0.39 is 0 Å². The van der Waals surface area contributed by atoms with Crippen molar-refractivity contribution in [2.24, 2.45) is 0 Å². The number of carbonyl (C=O) groups is 1. The number of aryl methyl sites for hydroxylation is 1. The first kappa shape index (κ1) is 16.7. The van der Waals surface area contributed by atoms with Gasteiger partial charge in [-0.15, -0.1) is 0 Å². The summed E-state index contributed by atoms with van der Waals surface area (Å²) in [7, 11) is 1.60. The average molecular weight is 356 g/mol. The molecule has 0 atom stereocenters. The zero-order chi connectivity index (χ0) is 16.9. The summed E-state index contributed by atoms with van der Waals surface area (Å²) in [6.07, 6.45) is 0. The summed E-state index contributed by atoms with van der Waals surface area (Å²) in [6, 6.07) is 15.2. The summed E-state index contributed by atoms with van der Waals surface area (Å²) in [5, 5.41) is 0. The van der Waals surface area contributed by atoms with E-state index in [9.17, 15) is 4.79 Å². The third kappa shape index (κ3) is 4.01. The van der Waals surface area contributed by atoms with Crippen molar-refractivity contribution >= 4 is 29.1 Å². The zero-order valence-corrected chi connectivity index (χ0v) is 15.0. The molecule has 6 heteroatoms. The van der Waals surface area contributed by atoms with Crippen LogP contribution in [-0.2, 0) is 0 Å². The SMILES string of the molecule is COc1ccc(C(=O)CSc2nc(-c3ccc(C)cc3)ns2)cc1. The molecule has 0 saturated heterocycles. The Morgan fingerprint density at radius 2 is 1.83 bits per heavy atom. The van der Waals surface area contributed by atoms with Crippen LogP contribution in [0.2, 0.25) is 0 Å². The summed E-state index contributed by atoms with van der Waals surface area (Å²) in [5.41, 5.74) is 2.87. The number of nitrogens with zero attached hydrogens (tertiary/aromatic N) is 2. The van der Waals surface area contributed by atoms with Crippen LogP contribution in [0.1, 0.15) is 15.9 Å². The number of Topliss-reactive ketones (excluding diaryl/α,β-unsaturated/α-hetero) is 1. The number of aromatic nitrogens is 2. The summed E-state index contributed by atoms with van der Waals surface area (Å²) in [4.78, 5) is 16.7. The van der Waals surface area contributed by atoms with E-state index in [1.165, 1.54) is 28.9 Å². The predicted octanol–water partition coefficient (Wildman–Crippen LogP) is 4.50. The number of methoxy groups -OCH3 is 1. The molecule has 0 saturated carbocycles. The smallest absolute Gasteiger partial charge is 0.174 e. The van der Waals surface area contributed by atoms with Crippen molar-refractivity contribution in [2.45, 2.75) is 11.3 Å². The quantitative estimate of drug-likeness (QED) is 0.481. The van der Waals surface area contributed by atoms with Gasteiger partial charge in [0.05, 0.1) is 12.9 Å². The Morgan fingerprint density at radius 1 is 1.12 bits per heavy atom. The molecule has 1 heterocycles. The van der Waals surface area contributed by atoms with Crippen molar-refractivity contribution in [3.63, 3.8) is 0 Å². The maximum atomic E-state index is 12.2. The van der Waals surface area contributed by atoms with Crippen LogP contribution in [-0.4, -0.2) is 28.0 Å². The van der Waals surface area contributed by atoms with Crippen molar-refractivity contribution in [3.8, 4) is 17.1 Å². The Kier molecular flexibility index (Phi) is 5.27. The van der Waals surface area contributed by atoms with Crippen LogP contribution in [0.15, 0.2) is 52.9 Å². The first-order valence-corrected chi connectivity index (χ1v) is 9.12. The van der Waals surface area contributed by atoms with E-state index >= 15 is 0 Å². The molecule has 0 aliphatic carbocycles. The Hall–Kier alpha value is -2.18. The number of ketones is 1. The molecule has 0 unspecified atom stereocenters. The molecule has 3 aromatic rings. The van der Waals surface area contributed by atoms with Crippen LogP contribution in [0.4, 0.5) is 0 Å². The highest BCUT2D eigenvalue weighted by Crippen LogP contribution is 2.26. The summed E-state index contributed by atoms with van der Waals surface area (Å²) in [5.74, 6) is 1.86. The van der Waals surface area contributed by atoms with Gasteiger partial charge in [0.2, 0.25) is 0 Å². The van der Waals surface area contributed by atoms with Gasteiger partial charge in [-0.05, 0) is 42.7 Å². The van der Waals surface area contributed by atoms with Gasteiger partial charge in [-0.25, -0.2) is 4.98 Å². The van der Waals surface area contributed by atoms with Gasteiger partial charge in [0.15, 0.2) is 15.9 Å². The molecule has 0 spiro atoms. The van der Waals surface area contributed by atoms with E-state index in [1.807, 2.05) is 31.2 Å². The summed E-state index contributed by atoms with van der Waals surface area (Å²) >= 11 is 2.74. The fourth-order valence-electron chi connectivity index (χ4n) is 2.08. The van der Waals surface area contributed by atoms with E-state index in [1.54, 1.807) is 31.4 Å². The minimum absolute atomic E-state index is 0.0646. The van der Waals surface area contributed by atoms with Crippen molar-refractivity contribution < 1.29 is 9.53 Å². The molecule has 0 aliphatic heterocycles. The molecule has 0 fully saturated rings. The van der Waals surface area contributed by atoms with Crippen LogP contribution >= 0.6 is 23.3 Å². The number of hydrogen-bond donors (Lipinski definition) is 0. The zero-order valence-electron chi connectivity index (χ0n) is 13.4. The van der Waals surface area contributed by atoms with Crippen molar-refractivity contribution in [3.05, 3.63) is 59.7 Å². The number of benzene rings is 2. The normalized spacial score (nSPS) is 10.6. The first-order valence-electron chi connectivity index (χ1n) is 7.36. The number of ether oxygens (including phenoxy) is 1. The van der Waals surface area contributed by atoms with E-state index in [4.69, 9.17) is 4.74 Å². The van der Waals surface area contributed by atoms with Gasteiger partial charge in [0, 0.05) is 11.1 Å². The van der Waals surface area contributed by atoms with Crippen LogP contribution in [0.5, 0.6) is 5.75 Å². The van der Waals surface area contributed by atoms with Gasteiger partial charge >= 0.3 is 0 Å². The second kappa shape index (κ2) is 7.59. The molecule has 0 radical (unpaired) electrons. The highest BCUT2D eigenvalue weighted by atomic mass is 32.2. The minimum Gasteiger partial charge on any atom is -0.497 e. The third-order valence-electron chi connectivity index (χ3n) is 3.46. The Labute approximate surface area is 149 Å². The number of hydrogen-bond acceptors (Lipinski definition) is 6. The van der Waals surface area contributed by atoms with E-state index in [2.05, 4.69) is 9.36 Å². The molecule has 2 aromatic carbocycles. The van der Waals surface area contributed by atoms with Crippen molar-refractivity contribution in [1.82, 2.24) is 9.36 Å². The van der Waals surface area contributed by atoms with Crippen molar-refractivity contribution in [2.75, 3.05) is 12.9 Å². The highest BCUT2D eigenvalue weighted by Gasteiger charge is 2.11. The van der Waals surface area contributed by atoms with Crippen molar-refractivity contribution in [1.29, 1.82) is 0 Å². The van der Waals surface area contributed by atoms with E-state index in [0.29, 0.717) is 17.1 Å². The Morgan fingerprint density at radius 3 is 2.50 bits per heavy atom. The van der Waals surface area contributed by atoms with Crippen LogP contribution in [0.25, 0.3) is 11.4 Å². The fourth-order valence-corrected chi connectivity index (χ4v) is 3.59. The maximum Gasteiger partial charge on any atom is 0.174 e. The largest absolute Gasteiger partial charge is 0.497 e. The molecule has 3 rings (SSSR count). The van der Waals surface area contributed by atoms with Gasteiger partial charge in [-0.3, -0.25) is 4.79 Å². The van der Waals surface area contributed by atoms with Gasteiger partial charge in [-0.1, -0.05) is 41.6 Å². The topological polar surface area (TPSA) is 52.1 Å². The second-order valence-electron chi connectivity index (χ2n) is 5.19. The molecule has 0 N–H and O–H groups in total. The third-order valence-corrected chi connectivity index (χ3v) is 5.29. The summed E-state index contributed by atoms with van der Waals surface area (Å²) in [6.45, 7) is 2.05. The molecule has 122 valence electrons. The molecule has 24 heavy (non-hydrogen) atoms. The molecular formula is C18H16N2O2S2. The lowest BCUT2D eigenvalue weighted by Gasteiger charge is -2.02. The lowest BCUT2D eigenvalue weighted by molar-refractivity contribution is 0.102. The van der Waals surface area contributed by atoms with Crippen LogP contribution in [0.3, 0.4) is 0 Å². The predicted molar refractivity (Wildman–Crippen MR) is 98.1 cm³/mol. The number of carbonyl (C=O) groups excluding carboxylic acids is 1. The average Bonchev–Trinajstić information content (AvgIpc) is 3.09. The van der Waals surface area contributed by atoms with E-state index in [0.717, 1.165) is 15.7 Å². The lowest BCUT2D eigenvalue weighted by atomic mass is 10.1. The number of rotatable bonds is 6. The molecule has 0 amide bonds. The van der Waals surface area contributed by atoms with Gasteiger partial charge in [0.25, 0.3) is 0 Å². The maximum absolute atomic E-state index is 12.2. The molecule has 0 aliphatic rings. The molecule has 1 aromatic heterocycles. The van der Waals surface area contributed by atoms with Crippen LogP contribution in [0, 0.1) is 6.92 Å². The van der Waals surface area contributed by atoms with Gasteiger partial charge in [-0.2, -0.15) is 4.37 Å². The van der Waals surface area contributed by atoms with Gasteiger partial charge < -0.3 is 4.74 Å². The molecule has 0 bridgehead atoms. The Balaban J connectivity index is 1.62. The monoisotopic (exact) mass is 356 g/mol. The molecular weight excluding hydrogens is 340 g/mol. The van der Waals surface area contributed by atoms with Crippen LogP contribution < -0.4 is 4.74 Å². The first-order chi connectivity index (χ1) is 11.7. The second-order valence-corrected chi connectivity index (χ2v) is 7.16. The minimum atomic E-state index is 0.0646. The van der Waals surface area contributed by atoms with E-state index in [-0.39, 0.29) is 5.78 Å². The molecule has 4 nitrogen and oxygen atoms in total. The fraction of sp³-hybridized carbons (Fsp3) is 0.167. The Bertz CT molecular complexity index is 827. The number of thioether (sulfide) groups is 1. The standard InChI is InChI=1S/C18H16N2O2S2/c1-12-3-5-14(6-4-12)17-19-18(24-20-17)23-11-16(21)13-7-9-15(22-2)10-8-13/h3-10H,11H2,1-2H3. The lowest BCUT2D eigenvalue weighted by Crippen LogP contribution is -2.02. The van der Waals surface area contributed by atoms with Gasteiger partial charge in [0.1, 0.15) is 5.75 Å².